The van der Waals surface area contributed by atoms with Crippen molar-refractivity contribution in [2.45, 2.75) is 24.7 Å². The number of guanidine groups is 1. The lowest BCUT2D eigenvalue weighted by Gasteiger charge is -2.19. The van der Waals surface area contributed by atoms with Crippen LogP contribution in [0.15, 0.2) is 59.6 Å². The van der Waals surface area contributed by atoms with Gasteiger partial charge in [-0.2, -0.15) is 0 Å². The molecule has 0 heterocycles. The summed E-state index contributed by atoms with van der Waals surface area (Å²) in [5.41, 5.74) is 2.16. The number of nitrogens with one attached hydrogen (secondary N) is 3. The van der Waals surface area contributed by atoms with Gasteiger partial charge < -0.3 is 16.0 Å². The number of aliphatic imine (C=N–C) groups is 1. The van der Waals surface area contributed by atoms with Crippen LogP contribution in [-0.2, 0) is 16.6 Å². The van der Waals surface area contributed by atoms with E-state index in [2.05, 4.69) is 20.9 Å². The van der Waals surface area contributed by atoms with Gasteiger partial charge in [-0.1, -0.05) is 42.5 Å². The highest BCUT2D eigenvalue weighted by atomic mass is 19.1. The molecule has 28 heavy (non-hydrogen) atoms. The van der Waals surface area contributed by atoms with Gasteiger partial charge in [0.2, 0.25) is 5.91 Å². The Morgan fingerprint density at radius 1 is 1.07 bits per heavy atom. The average molecular weight is 382 g/mol. The third kappa shape index (κ3) is 5.55. The predicted octanol–water partition coefficient (Wildman–Crippen LogP) is 2.38. The van der Waals surface area contributed by atoms with Crippen molar-refractivity contribution in [3.8, 4) is 0 Å². The number of benzene rings is 2. The van der Waals surface area contributed by atoms with E-state index in [9.17, 15) is 9.18 Å². The van der Waals surface area contributed by atoms with Gasteiger partial charge in [-0.05, 0) is 42.5 Å². The third-order valence-electron chi connectivity index (χ3n) is 5.10. The van der Waals surface area contributed by atoms with Gasteiger partial charge in [-0.3, -0.25) is 9.79 Å². The van der Waals surface area contributed by atoms with Crippen molar-refractivity contribution in [2.75, 3.05) is 26.7 Å². The summed E-state index contributed by atoms with van der Waals surface area (Å²) in [6, 6.07) is 16.8. The molecular weight excluding hydrogens is 355 g/mol. The predicted molar refractivity (Wildman–Crippen MR) is 110 cm³/mol. The monoisotopic (exact) mass is 382 g/mol. The van der Waals surface area contributed by atoms with E-state index in [1.807, 2.05) is 36.4 Å². The van der Waals surface area contributed by atoms with Crippen molar-refractivity contribution in [3.63, 3.8) is 0 Å². The Kier molecular flexibility index (Phi) is 6.63. The van der Waals surface area contributed by atoms with Crippen LogP contribution in [0.4, 0.5) is 4.39 Å². The van der Waals surface area contributed by atoms with E-state index in [1.54, 1.807) is 19.2 Å². The summed E-state index contributed by atoms with van der Waals surface area (Å²) < 4.78 is 13.5. The molecule has 0 unspecified atom stereocenters. The average Bonchev–Trinajstić information content (AvgIpc) is 3.50. The number of carbonyl (C=O) groups excluding carboxylic acids is 1. The second kappa shape index (κ2) is 9.35. The quantitative estimate of drug-likeness (QED) is 0.485. The van der Waals surface area contributed by atoms with Crippen molar-refractivity contribution in [3.05, 3.63) is 71.5 Å². The van der Waals surface area contributed by atoms with E-state index in [0.717, 1.165) is 24.8 Å². The summed E-state index contributed by atoms with van der Waals surface area (Å²) in [5, 5.41) is 9.20. The van der Waals surface area contributed by atoms with Crippen LogP contribution in [-0.4, -0.2) is 38.5 Å². The van der Waals surface area contributed by atoms with Crippen molar-refractivity contribution in [1.29, 1.82) is 0 Å². The van der Waals surface area contributed by atoms with E-state index in [1.165, 1.54) is 11.6 Å². The van der Waals surface area contributed by atoms with Crippen LogP contribution in [0, 0.1) is 5.82 Å². The zero-order chi connectivity index (χ0) is 19.8. The van der Waals surface area contributed by atoms with Crippen molar-refractivity contribution in [2.24, 2.45) is 4.99 Å². The Hall–Kier alpha value is -2.89. The first-order chi connectivity index (χ1) is 13.6. The normalized spacial score (nSPS) is 15.0. The molecule has 0 aromatic heterocycles. The summed E-state index contributed by atoms with van der Waals surface area (Å²) >= 11 is 0. The van der Waals surface area contributed by atoms with Gasteiger partial charge >= 0.3 is 0 Å². The molecule has 1 fully saturated rings. The summed E-state index contributed by atoms with van der Waals surface area (Å²) in [5.74, 6) is 0.282. The maximum Gasteiger partial charge on any atom is 0.239 e. The highest BCUT2D eigenvalue weighted by Gasteiger charge is 2.44. The van der Waals surface area contributed by atoms with Gasteiger partial charge in [0.15, 0.2) is 5.96 Å². The molecule has 0 bridgehead atoms. The molecule has 5 nitrogen and oxygen atoms in total. The topological polar surface area (TPSA) is 65.5 Å². The van der Waals surface area contributed by atoms with Crippen LogP contribution in [0.5, 0.6) is 0 Å². The Morgan fingerprint density at radius 2 is 1.86 bits per heavy atom. The summed E-state index contributed by atoms with van der Waals surface area (Å²) in [4.78, 5) is 16.2. The fraction of sp³-hybridized carbons (Fsp3) is 0.364. The Bertz CT molecular complexity index is 818. The molecule has 2 aromatic rings. The third-order valence-corrected chi connectivity index (χ3v) is 5.10. The molecule has 1 aliphatic carbocycles. The van der Waals surface area contributed by atoms with Gasteiger partial charge in [0.05, 0.1) is 6.54 Å². The standard InChI is InChI=1S/C22H27FN4O/c1-24-21(26-15-20(28)25-13-10-17-6-3-2-4-7-17)27-16-22(11-12-22)18-8-5-9-19(23)14-18/h2-9,14H,10-13,15-16H2,1H3,(H,25,28)(H2,24,26,27). The van der Waals surface area contributed by atoms with Gasteiger partial charge in [0.25, 0.3) is 0 Å². The Balaban J connectivity index is 1.39. The van der Waals surface area contributed by atoms with E-state index < -0.39 is 0 Å². The molecule has 1 saturated carbocycles. The maximum absolute atomic E-state index is 13.5. The van der Waals surface area contributed by atoms with Gasteiger partial charge in [-0.25, -0.2) is 4.39 Å². The van der Waals surface area contributed by atoms with E-state index in [4.69, 9.17) is 0 Å². The SMILES string of the molecule is CN=C(NCC(=O)NCCc1ccccc1)NCC1(c2cccc(F)c2)CC1. The Morgan fingerprint density at radius 3 is 2.54 bits per heavy atom. The zero-order valence-corrected chi connectivity index (χ0v) is 16.2. The molecule has 0 aliphatic heterocycles. The number of hydrogen-bond donors (Lipinski definition) is 3. The smallest absolute Gasteiger partial charge is 0.239 e. The van der Waals surface area contributed by atoms with Crippen LogP contribution < -0.4 is 16.0 Å². The molecule has 3 rings (SSSR count). The van der Waals surface area contributed by atoms with Crippen LogP contribution >= 0.6 is 0 Å². The molecule has 1 amide bonds. The van der Waals surface area contributed by atoms with Crippen LogP contribution in [0.25, 0.3) is 0 Å². The fourth-order valence-corrected chi connectivity index (χ4v) is 3.23. The lowest BCUT2D eigenvalue weighted by molar-refractivity contribution is -0.119. The Labute approximate surface area is 165 Å². The minimum Gasteiger partial charge on any atom is -0.356 e. The molecule has 0 spiro atoms. The van der Waals surface area contributed by atoms with E-state index >= 15 is 0 Å². The number of nitrogens with zero attached hydrogens (tertiary/aromatic N) is 1. The van der Waals surface area contributed by atoms with Crippen LogP contribution in [0.3, 0.4) is 0 Å². The fourth-order valence-electron chi connectivity index (χ4n) is 3.23. The second-order valence-corrected chi connectivity index (χ2v) is 7.16. The zero-order valence-electron chi connectivity index (χ0n) is 16.2. The van der Waals surface area contributed by atoms with Crippen molar-refractivity contribution >= 4 is 11.9 Å². The molecule has 3 N–H and O–H groups in total. The molecule has 0 saturated heterocycles. The van der Waals surface area contributed by atoms with Gasteiger partial charge in [0, 0.05) is 25.6 Å². The highest BCUT2D eigenvalue weighted by Crippen LogP contribution is 2.47. The van der Waals surface area contributed by atoms with E-state index in [0.29, 0.717) is 19.0 Å². The van der Waals surface area contributed by atoms with Crippen molar-refractivity contribution in [1.82, 2.24) is 16.0 Å². The minimum absolute atomic E-state index is 0.0440. The molecule has 148 valence electrons. The van der Waals surface area contributed by atoms with Crippen LogP contribution in [0.2, 0.25) is 0 Å². The maximum atomic E-state index is 13.5. The van der Waals surface area contributed by atoms with Gasteiger partial charge in [0.1, 0.15) is 5.82 Å². The molecule has 0 radical (unpaired) electrons. The van der Waals surface area contributed by atoms with Crippen LogP contribution in [0.1, 0.15) is 24.0 Å². The molecular formula is C22H27FN4O. The summed E-state index contributed by atoms with van der Waals surface area (Å²) in [6.07, 6.45) is 2.83. The summed E-state index contributed by atoms with van der Waals surface area (Å²) in [6.45, 7) is 1.41. The number of rotatable bonds is 8. The molecule has 2 aromatic carbocycles. The number of carbonyl (C=O) groups is 1. The summed E-state index contributed by atoms with van der Waals surface area (Å²) in [7, 11) is 1.67. The molecule has 1 aliphatic rings. The first-order valence-electron chi connectivity index (χ1n) is 9.62. The van der Waals surface area contributed by atoms with Gasteiger partial charge in [-0.15, -0.1) is 0 Å². The second-order valence-electron chi connectivity index (χ2n) is 7.16. The largest absolute Gasteiger partial charge is 0.356 e. The lowest BCUT2D eigenvalue weighted by atomic mass is 9.96. The first kappa shape index (κ1) is 19.9. The number of amides is 1. The minimum atomic E-state index is -0.210. The molecule has 0 atom stereocenters. The van der Waals surface area contributed by atoms with Crippen molar-refractivity contribution < 1.29 is 9.18 Å². The number of hydrogen-bond acceptors (Lipinski definition) is 2. The van der Waals surface area contributed by atoms with E-state index in [-0.39, 0.29) is 23.7 Å². The number of halogens is 1. The highest BCUT2D eigenvalue weighted by molar-refractivity contribution is 5.86. The molecule has 6 heteroatoms. The first-order valence-corrected chi connectivity index (χ1v) is 9.62. The lowest BCUT2D eigenvalue weighted by Crippen LogP contribution is -2.45.